The molecule has 1 aromatic rings. The van der Waals surface area contributed by atoms with Crippen LogP contribution in [0.25, 0.3) is 0 Å². The van der Waals surface area contributed by atoms with E-state index in [0.717, 1.165) is 0 Å². The van der Waals surface area contributed by atoms with Crippen molar-refractivity contribution in [1.29, 1.82) is 0 Å². The van der Waals surface area contributed by atoms with Crippen LogP contribution in [0.3, 0.4) is 0 Å². The van der Waals surface area contributed by atoms with Crippen LogP contribution in [0.5, 0.6) is 0 Å². The topological polar surface area (TPSA) is 0 Å². The zero-order chi connectivity index (χ0) is 7.90. The molecule has 1 fully saturated rings. The minimum absolute atomic E-state index is 0.290. The highest BCUT2D eigenvalue weighted by Gasteiger charge is 2.32. The summed E-state index contributed by atoms with van der Waals surface area (Å²) in [6, 6.07) is 8.80. The molecule has 0 aliphatic carbocycles. The second-order valence-electron chi connectivity index (χ2n) is 3.14. The van der Waals surface area contributed by atoms with E-state index < -0.39 is 0 Å². The van der Waals surface area contributed by atoms with Crippen LogP contribution < -0.4 is 0 Å². The second-order valence-corrected chi connectivity index (χ2v) is 7.89. The van der Waals surface area contributed by atoms with Gasteiger partial charge in [0.25, 0.3) is 0 Å². The average molecular weight is 231 g/mol. The van der Waals surface area contributed by atoms with Crippen molar-refractivity contribution in [3.05, 3.63) is 28.7 Å². The summed E-state index contributed by atoms with van der Waals surface area (Å²) in [6.45, 7) is 0. The average Bonchev–Trinajstić information content (AvgIpc) is 2.70. The highest BCUT2D eigenvalue weighted by molar-refractivity contribution is 9.10. The van der Waals surface area contributed by atoms with E-state index in [9.17, 15) is 0 Å². The molecule has 0 unspecified atom stereocenters. The third-order valence-corrected chi connectivity index (χ3v) is 5.77. The van der Waals surface area contributed by atoms with Crippen LogP contribution in [-0.4, -0.2) is 17.8 Å². The van der Waals surface area contributed by atoms with E-state index in [1.165, 1.54) is 16.0 Å². The molecular formula is C9H11BrS. The Hall–Kier alpha value is 0.0500. The fraction of sp³-hybridized carbons (Fsp3) is 0.333. The second kappa shape index (κ2) is 2.53. The Kier molecular flexibility index (Phi) is 1.77. The van der Waals surface area contributed by atoms with E-state index in [1.807, 2.05) is 0 Å². The third-order valence-electron chi connectivity index (χ3n) is 2.20. The Balaban J connectivity index is 2.33. The molecule has 1 saturated heterocycles. The van der Waals surface area contributed by atoms with Gasteiger partial charge < -0.3 is 0 Å². The molecule has 1 aliphatic heterocycles. The van der Waals surface area contributed by atoms with Gasteiger partial charge >= 0.3 is 0 Å². The first kappa shape index (κ1) is 7.69. The number of hydrogen-bond donors (Lipinski definition) is 0. The zero-order valence-electron chi connectivity index (χ0n) is 6.51. The van der Waals surface area contributed by atoms with Gasteiger partial charge in [0, 0.05) is 4.47 Å². The first-order valence-electron chi connectivity index (χ1n) is 3.70. The molecule has 0 saturated carbocycles. The summed E-state index contributed by atoms with van der Waals surface area (Å²) in [4.78, 5) is 1.57. The van der Waals surface area contributed by atoms with Gasteiger partial charge in [-0.2, -0.15) is 0 Å². The molecule has 0 aromatic heterocycles. The summed E-state index contributed by atoms with van der Waals surface area (Å²) >= 11 is 3.44. The Labute approximate surface area is 77.4 Å². The van der Waals surface area contributed by atoms with Crippen molar-refractivity contribution in [2.24, 2.45) is 0 Å². The lowest BCUT2D eigenvalue weighted by molar-refractivity contribution is 1.43. The SMILES string of the molecule is CS1(c2ccc(Br)cc2)CC1. The van der Waals surface area contributed by atoms with Gasteiger partial charge in [-0.15, -0.1) is 0 Å². The predicted molar refractivity (Wildman–Crippen MR) is 55.7 cm³/mol. The lowest BCUT2D eigenvalue weighted by Gasteiger charge is -2.13. The minimum Gasteiger partial charge on any atom is -0.216 e. The van der Waals surface area contributed by atoms with Gasteiger partial charge in [-0.3, -0.25) is 0 Å². The van der Waals surface area contributed by atoms with Crippen molar-refractivity contribution < 1.29 is 0 Å². The summed E-state index contributed by atoms with van der Waals surface area (Å²) in [5, 5.41) is 0. The van der Waals surface area contributed by atoms with Crippen LogP contribution in [-0.2, 0) is 0 Å². The highest BCUT2D eigenvalue weighted by atomic mass is 79.9. The number of benzene rings is 1. The van der Waals surface area contributed by atoms with Gasteiger partial charge in [-0.25, -0.2) is 10.0 Å². The lowest BCUT2D eigenvalue weighted by Crippen LogP contribution is -1.78. The zero-order valence-corrected chi connectivity index (χ0v) is 8.91. The number of halogens is 1. The third kappa shape index (κ3) is 1.47. The van der Waals surface area contributed by atoms with Gasteiger partial charge in [0.05, 0.1) is 0 Å². The maximum Gasteiger partial charge on any atom is 0.0176 e. The summed E-state index contributed by atoms with van der Waals surface area (Å²) in [5.41, 5.74) is 0. The number of hydrogen-bond acceptors (Lipinski definition) is 0. The van der Waals surface area contributed by atoms with Crippen molar-refractivity contribution in [3.63, 3.8) is 0 Å². The van der Waals surface area contributed by atoms with Gasteiger partial charge in [0.1, 0.15) is 0 Å². The summed E-state index contributed by atoms with van der Waals surface area (Å²) < 4.78 is 1.19. The van der Waals surface area contributed by atoms with Crippen molar-refractivity contribution >= 4 is 26.0 Å². The summed E-state index contributed by atoms with van der Waals surface area (Å²) in [5.74, 6) is 2.88. The van der Waals surface area contributed by atoms with Crippen LogP contribution in [0.2, 0.25) is 0 Å². The molecule has 2 heteroatoms. The van der Waals surface area contributed by atoms with E-state index in [-0.39, 0.29) is 10.0 Å². The largest absolute Gasteiger partial charge is 0.216 e. The standard InChI is InChI=1S/C9H11BrS/c1-11(6-7-11)9-4-2-8(10)3-5-9/h2-5H,6-7H2,1H3. The fourth-order valence-electron chi connectivity index (χ4n) is 1.12. The molecular weight excluding hydrogens is 220 g/mol. The van der Waals surface area contributed by atoms with Crippen molar-refractivity contribution in [1.82, 2.24) is 0 Å². The van der Waals surface area contributed by atoms with Gasteiger partial charge in [-0.05, 0) is 46.9 Å². The monoisotopic (exact) mass is 230 g/mol. The molecule has 0 spiro atoms. The first-order valence-corrected chi connectivity index (χ1v) is 6.87. The number of rotatable bonds is 1. The van der Waals surface area contributed by atoms with Crippen LogP contribution in [0, 0.1) is 0 Å². The highest BCUT2D eigenvalue weighted by Crippen LogP contribution is 2.64. The van der Waals surface area contributed by atoms with Crippen LogP contribution in [0.1, 0.15) is 0 Å². The Morgan fingerprint density at radius 3 is 2.18 bits per heavy atom. The van der Waals surface area contributed by atoms with Crippen LogP contribution in [0.4, 0.5) is 0 Å². The molecule has 0 nitrogen and oxygen atoms in total. The molecule has 1 aliphatic rings. The van der Waals surface area contributed by atoms with Gasteiger partial charge in [-0.1, -0.05) is 15.9 Å². The molecule has 2 rings (SSSR count). The molecule has 1 heterocycles. The van der Waals surface area contributed by atoms with E-state index in [1.54, 1.807) is 4.90 Å². The molecule has 0 atom stereocenters. The molecule has 60 valence electrons. The van der Waals surface area contributed by atoms with Crippen molar-refractivity contribution in [2.75, 3.05) is 17.8 Å². The quantitative estimate of drug-likeness (QED) is 0.651. The van der Waals surface area contributed by atoms with E-state index >= 15 is 0 Å². The molecule has 0 N–H and O–H groups in total. The molecule has 0 radical (unpaired) electrons. The smallest absolute Gasteiger partial charge is 0.0176 e. The van der Waals surface area contributed by atoms with Gasteiger partial charge in [0.2, 0.25) is 0 Å². The summed E-state index contributed by atoms with van der Waals surface area (Å²) in [7, 11) is -0.290. The normalized spacial score (nSPS) is 22.7. The predicted octanol–water partition coefficient (Wildman–Crippen LogP) is 3.26. The lowest BCUT2D eigenvalue weighted by atomic mass is 10.4. The maximum absolute atomic E-state index is 3.44. The maximum atomic E-state index is 3.44. The molecule has 1 aromatic carbocycles. The first-order chi connectivity index (χ1) is 5.21. The van der Waals surface area contributed by atoms with Crippen molar-refractivity contribution in [3.8, 4) is 0 Å². The fourth-order valence-corrected chi connectivity index (χ4v) is 3.65. The van der Waals surface area contributed by atoms with Crippen LogP contribution in [0.15, 0.2) is 33.6 Å². The van der Waals surface area contributed by atoms with Gasteiger partial charge in [0.15, 0.2) is 0 Å². The minimum atomic E-state index is -0.290. The van der Waals surface area contributed by atoms with E-state index in [2.05, 4.69) is 46.5 Å². The molecule has 11 heavy (non-hydrogen) atoms. The summed E-state index contributed by atoms with van der Waals surface area (Å²) in [6.07, 6.45) is 2.41. The van der Waals surface area contributed by atoms with E-state index in [4.69, 9.17) is 0 Å². The molecule has 0 bridgehead atoms. The molecule has 0 amide bonds. The Morgan fingerprint density at radius 2 is 1.73 bits per heavy atom. The van der Waals surface area contributed by atoms with Crippen LogP contribution >= 0.6 is 26.0 Å². The Bertz CT molecular complexity index is 261. The van der Waals surface area contributed by atoms with E-state index in [0.29, 0.717) is 0 Å². The Morgan fingerprint density at radius 1 is 1.18 bits per heavy atom. The van der Waals surface area contributed by atoms with Crippen molar-refractivity contribution in [2.45, 2.75) is 4.90 Å².